The Morgan fingerprint density at radius 1 is 1.00 bits per heavy atom. The number of hydrogen-bond acceptors (Lipinski definition) is 6. The molecule has 2 aromatic carbocycles. The summed E-state index contributed by atoms with van der Waals surface area (Å²) in [5.41, 5.74) is 0.282. The lowest BCUT2D eigenvalue weighted by Crippen LogP contribution is -2.25. The summed E-state index contributed by atoms with van der Waals surface area (Å²) >= 11 is 0. The first kappa shape index (κ1) is 19.2. The molecule has 1 aliphatic carbocycles. The van der Waals surface area contributed by atoms with Gasteiger partial charge in [-0.05, 0) is 61.4 Å². The molecule has 0 heterocycles. The summed E-state index contributed by atoms with van der Waals surface area (Å²) in [6.07, 6.45) is 1.73. The Balaban J connectivity index is 1.46. The summed E-state index contributed by atoms with van der Waals surface area (Å²) in [5.74, 6) is 0.837. The Kier molecular flexibility index (Phi) is 5.98. The van der Waals surface area contributed by atoms with Gasteiger partial charge in [0.05, 0.1) is 17.6 Å². The van der Waals surface area contributed by atoms with Gasteiger partial charge in [-0.15, -0.1) is 0 Å². The Morgan fingerprint density at radius 3 is 2.22 bits per heavy atom. The lowest BCUT2D eigenvalue weighted by Gasteiger charge is -2.09. The monoisotopic (exact) mass is 391 g/mol. The second-order valence-corrected chi connectivity index (χ2v) is 7.79. The molecule has 0 spiro atoms. The van der Waals surface area contributed by atoms with E-state index in [0.717, 1.165) is 18.6 Å². The molecule has 0 unspecified atom stereocenters. The van der Waals surface area contributed by atoms with Crippen molar-refractivity contribution in [2.45, 2.75) is 23.8 Å². The van der Waals surface area contributed by atoms with Crippen molar-refractivity contribution < 1.29 is 27.4 Å². The average molecular weight is 391 g/mol. The summed E-state index contributed by atoms with van der Waals surface area (Å²) in [6.45, 7) is 0.282. The van der Waals surface area contributed by atoms with Crippen LogP contribution in [0, 0.1) is 0 Å². The minimum Gasteiger partial charge on any atom is -0.497 e. The van der Waals surface area contributed by atoms with Crippen molar-refractivity contribution in [3.63, 3.8) is 0 Å². The van der Waals surface area contributed by atoms with E-state index in [0.29, 0.717) is 5.75 Å². The van der Waals surface area contributed by atoms with Crippen molar-refractivity contribution in [1.82, 2.24) is 4.72 Å². The van der Waals surface area contributed by atoms with Crippen molar-refractivity contribution in [2.75, 3.05) is 20.3 Å². The Hall–Kier alpha value is -2.58. The van der Waals surface area contributed by atoms with Gasteiger partial charge in [-0.25, -0.2) is 17.9 Å². The number of hydrogen-bond donors (Lipinski definition) is 1. The summed E-state index contributed by atoms with van der Waals surface area (Å²) in [7, 11) is -1.94. The highest BCUT2D eigenvalue weighted by atomic mass is 32.2. The van der Waals surface area contributed by atoms with Crippen molar-refractivity contribution in [3.05, 3.63) is 54.1 Å². The Morgan fingerprint density at radius 2 is 1.63 bits per heavy atom. The van der Waals surface area contributed by atoms with Crippen LogP contribution < -0.4 is 14.2 Å². The third-order valence-electron chi connectivity index (χ3n) is 3.94. The van der Waals surface area contributed by atoms with Crippen LogP contribution in [0.25, 0.3) is 0 Å². The molecule has 0 bridgehead atoms. The van der Waals surface area contributed by atoms with Crippen LogP contribution in [0.2, 0.25) is 0 Å². The van der Waals surface area contributed by atoms with E-state index in [-0.39, 0.29) is 29.7 Å². The van der Waals surface area contributed by atoms with Gasteiger partial charge >= 0.3 is 5.97 Å². The summed E-state index contributed by atoms with van der Waals surface area (Å²) < 4.78 is 42.5. The highest BCUT2D eigenvalue weighted by Gasteiger charge is 2.28. The van der Waals surface area contributed by atoms with Crippen LogP contribution in [0.5, 0.6) is 11.5 Å². The first-order valence-electron chi connectivity index (χ1n) is 8.54. The molecule has 7 nitrogen and oxygen atoms in total. The molecule has 3 rings (SSSR count). The standard InChI is InChI=1S/C19H21NO6S/c1-24-16-6-8-17(9-7-16)25-12-13-26-19(21)14-2-10-18(11-3-14)27(22,23)20-15-4-5-15/h2-3,6-11,15,20H,4-5,12-13H2,1H3. The van der Waals surface area contributed by atoms with Crippen LogP contribution in [0.15, 0.2) is 53.4 Å². The average Bonchev–Trinajstić information content (AvgIpc) is 3.49. The van der Waals surface area contributed by atoms with Gasteiger partial charge in [0.25, 0.3) is 0 Å². The van der Waals surface area contributed by atoms with Crippen LogP contribution in [-0.4, -0.2) is 40.8 Å². The largest absolute Gasteiger partial charge is 0.497 e. The highest BCUT2D eigenvalue weighted by Crippen LogP contribution is 2.22. The van der Waals surface area contributed by atoms with E-state index >= 15 is 0 Å². The SMILES string of the molecule is COc1ccc(OCCOC(=O)c2ccc(S(=O)(=O)NC3CC3)cc2)cc1. The van der Waals surface area contributed by atoms with Gasteiger partial charge in [0.15, 0.2) is 0 Å². The molecule has 1 saturated carbocycles. The quantitative estimate of drug-likeness (QED) is 0.521. The van der Waals surface area contributed by atoms with E-state index < -0.39 is 16.0 Å². The maximum Gasteiger partial charge on any atom is 0.338 e. The molecule has 1 N–H and O–H groups in total. The number of rotatable bonds is 9. The number of esters is 1. The van der Waals surface area contributed by atoms with Crippen molar-refractivity contribution in [3.8, 4) is 11.5 Å². The molecule has 0 atom stereocenters. The van der Waals surface area contributed by atoms with E-state index in [1.54, 1.807) is 31.4 Å². The van der Waals surface area contributed by atoms with Crippen LogP contribution in [0.4, 0.5) is 0 Å². The van der Waals surface area contributed by atoms with Gasteiger partial charge < -0.3 is 14.2 Å². The molecule has 0 saturated heterocycles. The number of benzene rings is 2. The zero-order valence-corrected chi connectivity index (χ0v) is 15.7. The lowest BCUT2D eigenvalue weighted by atomic mass is 10.2. The molecular formula is C19H21NO6S. The normalized spacial score (nSPS) is 13.8. The number of carbonyl (C=O) groups is 1. The first-order valence-corrected chi connectivity index (χ1v) is 10.0. The van der Waals surface area contributed by atoms with E-state index in [2.05, 4.69) is 4.72 Å². The number of sulfonamides is 1. The lowest BCUT2D eigenvalue weighted by molar-refractivity contribution is 0.0450. The van der Waals surface area contributed by atoms with Crippen LogP contribution in [-0.2, 0) is 14.8 Å². The topological polar surface area (TPSA) is 90.9 Å². The van der Waals surface area contributed by atoms with Gasteiger partial charge in [0.2, 0.25) is 10.0 Å². The second-order valence-electron chi connectivity index (χ2n) is 6.08. The van der Waals surface area contributed by atoms with E-state index in [1.807, 2.05) is 0 Å². The fourth-order valence-corrected chi connectivity index (χ4v) is 3.61. The van der Waals surface area contributed by atoms with E-state index in [9.17, 15) is 13.2 Å². The first-order chi connectivity index (χ1) is 13.0. The molecule has 0 aromatic heterocycles. The van der Waals surface area contributed by atoms with E-state index in [1.165, 1.54) is 24.3 Å². The zero-order valence-electron chi connectivity index (χ0n) is 14.9. The fraction of sp³-hybridized carbons (Fsp3) is 0.316. The fourth-order valence-electron chi connectivity index (χ4n) is 2.31. The number of methoxy groups -OCH3 is 1. The number of nitrogens with one attached hydrogen (secondary N) is 1. The molecule has 1 aliphatic rings. The van der Waals surface area contributed by atoms with Gasteiger partial charge in [-0.2, -0.15) is 0 Å². The van der Waals surface area contributed by atoms with Crippen molar-refractivity contribution >= 4 is 16.0 Å². The minimum absolute atomic E-state index is 0.0327. The predicted octanol–water partition coefficient (Wildman–Crippen LogP) is 2.37. The third-order valence-corrected chi connectivity index (χ3v) is 5.48. The molecule has 2 aromatic rings. The molecule has 0 aliphatic heterocycles. The molecular weight excluding hydrogens is 370 g/mol. The summed E-state index contributed by atoms with van der Waals surface area (Å²) in [5, 5.41) is 0. The van der Waals surface area contributed by atoms with Gasteiger partial charge in [-0.3, -0.25) is 0 Å². The Bertz CT molecular complexity index is 873. The summed E-state index contributed by atoms with van der Waals surface area (Å²) in [4.78, 5) is 12.2. The van der Waals surface area contributed by atoms with Crippen LogP contribution >= 0.6 is 0 Å². The third kappa shape index (κ3) is 5.45. The van der Waals surface area contributed by atoms with Gasteiger partial charge in [0.1, 0.15) is 24.7 Å². The van der Waals surface area contributed by atoms with E-state index in [4.69, 9.17) is 14.2 Å². The molecule has 8 heteroatoms. The van der Waals surface area contributed by atoms with Gasteiger partial charge in [0, 0.05) is 6.04 Å². The van der Waals surface area contributed by atoms with Crippen molar-refractivity contribution in [2.24, 2.45) is 0 Å². The minimum atomic E-state index is -3.53. The van der Waals surface area contributed by atoms with Crippen LogP contribution in [0.1, 0.15) is 23.2 Å². The summed E-state index contributed by atoms with van der Waals surface area (Å²) in [6, 6.07) is 12.8. The maximum absolute atomic E-state index is 12.1. The predicted molar refractivity (Wildman–Crippen MR) is 98.6 cm³/mol. The highest BCUT2D eigenvalue weighted by molar-refractivity contribution is 7.89. The zero-order chi connectivity index (χ0) is 19.3. The molecule has 1 fully saturated rings. The van der Waals surface area contributed by atoms with Gasteiger partial charge in [-0.1, -0.05) is 0 Å². The molecule has 27 heavy (non-hydrogen) atoms. The molecule has 0 radical (unpaired) electrons. The molecule has 144 valence electrons. The molecule has 0 amide bonds. The maximum atomic E-state index is 12.1. The Labute approximate surface area is 158 Å². The number of carbonyl (C=O) groups excluding carboxylic acids is 1. The number of ether oxygens (including phenoxy) is 3. The smallest absolute Gasteiger partial charge is 0.338 e. The second kappa shape index (κ2) is 8.41. The van der Waals surface area contributed by atoms with Crippen LogP contribution in [0.3, 0.4) is 0 Å². The van der Waals surface area contributed by atoms with Crippen molar-refractivity contribution in [1.29, 1.82) is 0 Å².